The number of aryl methyl sites for hydroxylation is 1. The molecule has 5 heteroatoms. The Bertz CT molecular complexity index is 1010. The molecule has 1 amide bonds. The maximum atomic E-state index is 12.7. The Kier molecular flexibility index (Phi) is 6.24. The van der Waals surface area contributed by atoms with E-state index >= 15 is 0 Å². The molecule has 0 radical (unpaired) electrons. The lowest BCUT2D eigenvalue weighted by atomic mass is 10.1. The molecule has 0 fully saturated rings. The van der Waals surface area contributed by atoms with Crippen LogP contribution < -0.4 is 15.0 Å². The molecule has 1 atom stereocenters. The fourth-order valence-electron chi connectivity index (χ4n) is 3.67. The maximum Gasteiger partial charge on any atom is 0.222 e. The monoisotopic (exact) mass is 420 g/mol. The van der Waals surface area contributed by atoms with E-state index in [2.05, 4.69) is 41.4 Å². The van der Waals surface area contributed by atoms with Gasteiger partial charge >= 0.3 is 0 Å². The van der Waals surface area contributed by atoms with Crippen LogP contribution in [0.25, 0.3) is 0 Å². The lowest BCUT2D eigenvalue weighted by Gasteiger charge is -2.38. The fraction of sp³-hybridized carbons (Fsp3) is 0.240. The summed E-state index contributed by atoms with van der Waals surface area (Å²) in [6, 6.07) is 24.0. The van der Waals surface area contributed by atoms with Crippen LogP contribution in [0.4, 0.5) is 5.69 Å². The molecule has 3 aromatic carbocycles. The highest BCUT2D eigenvalue weighted by Crippen LogP contribution is 2.37. The van der Waals surface area contributed by atoms with Crippen LogP contribution in [-0.4, -0.2) is 18.6 Å². The van der Waals surface area contributed by atoms with Crippen LogP contribution in [0.2, 0.25) is 5.02 Å². The number of hydrogen-bond donors (Lipinski definition) is 1. The van der Waals surface area contributed by atoms with Crippen LogP contribution in [0.1, 0.15) is 23.1 Å². The molecule has 1 aliphatic rings. The first-order valence-electron chi connectivity index (χ1n) is 10.1. The maximum absolute atomic E-state index is 12.7. The predicted molar refractivity (Wildman–Crippen MR) is 121 cm³/mol. The lowest BCUT2D eigenvalue weighted by molar-refractivity contribution is -0.121. The fourth-order valence-corrected chi connectivity index (χ4v) is 3.83. The summed E-state index contributed by atoms with van der Waals surface area (Å²) in [7, 11) is 0. The van der Waals surface area contributed by atoms with Gasteiger partial charge in [0.2, 0.25) is 5.91 Å². The minimum absolute atomic E-state index is 0.00714. The molecule has 4 nitrogen and oxygen atoms in total. The smallest absolute Gasteiger partial charge is 0.222 e. The van der Waals surface area contributed by atoms with Gasteiger partial charge in [0.15, 0.2) is 0 Å². The first kappa shape index (κ1) is 20.3. The molecule has 0 saturated heterocycles. The van der Waals surface area contributed by atoms with Gasteiger partial charge in [0.05, 0.1) is 18.2 Å². The summed E-state index contributed by atoms with van der Waals surface area (Å²) in [6.45, 7) is 3.72. The molecule has 0 unspecified atom stereocenters. The Morgan fingerprint density at radius 2 is 1.83 bits per heavy atom. The van der Waals surface area contributed by atoms with Gasteiger partial charge in [-0.2, -0.15) is 0 Å². The van der Waals surface area contributed by atoms with E-state index in [0.717, 1.165) is 17.0 Å². The van der Waals surface area contributed by atoms with E-state index in [1.54, 1.807) is 0 Å². The van der Waals surface area contributed by atoms with E-state index in [-0.39, 0.29) is 11.9 Å². The number of nitrogens with zero attached hydrogens (tertiary/aromatic N) is 1. The van der Waals surface area contributed by atoms with Crippen LogP contribution in [0.15, 0.2) is 72.8 Å². The van der Waals surface area contributed by atoms with Gasteiger partial charge in [-0.05, 0) is 36.2 Å². The molecule has 1 heterocycles. The van der Waals surface area contributed by atoms with Gasteiger partial charge in [-0.15, -0.1) is 0 Å². The van der Waals surface area contributed by atoms with Crippen molar-refractivity contribution in [3.8, 4) is 5.75 Å². The summed E-state index contributed by atoms with van der Waals surface area (Å²) in [5, 5.41) is 3.69. The average Bonchev–Trinajstić information content (AvgIpc) is 2.76. The van der Waals surface area contributed by atoms with Crippen molar-refractivity contribution in [3.63, 3.8) is 0 Å². The zero-order valence-electron chi connectivity index (χ0n) is 17.0. The topological polar surface area (TPSA) is 41.6 Å². The lowest BCUT2D eigenvalue weighted by Crippen LogP contribution is -2.45. The third-order valence-corrected chi connectivity index (χ3v) is 5.56. The zero-order valence-corrected chi connectivity index (χ0v) is 17.7. The van der Waals surface area contributed by atoms with E-state index in [9.17, 15) is 4.79 Å². The molecule has 1 N–H and O–H groups in total. The quantitative estimate of drug-likeness (QED) is 0.601. The summed E-state index contributed by atoms with van der Waals surface area (Å²) in [5.41, 5.74) is 4.40. The van der Waals surface area contributed by atoms with Gasteiger partial charge in [0, 0.05) is 18.1 Å². The summed E-state index contributed by atoms with van der Waals surface area (Å²) >= 11 is 6.27. The van der Waals surface area contributed by atoms with E-state index in [4.69, 9.17) is 16.3 Å². The second kappa shape index (κ2) is 9.23. The van der Waals surface area contributed by atoms with Crippen molar-refractivity contribution in [1.82, 2.24) is 5.32 Å². The van der Waals surface area contributed by atoms with Crippen molar-refractivity contribution >= 4 is 23.2 Å². The number of anilines is 1. The number of carbonyl (C=O) groups excluding carboxylic acids is 1. The molecule has 1 aliphatic heterocycles. The number of hydrogen-bond acceptors (Lipinski definition) is 3. The Morgan fingerprint density at radius 1 is 1.07 bits per heavy atom. The molecule has 0 saturated carbocycles. The van der Waals surface area contributed by atoms with E-state index in [1.807, 2.05) is 48.5 Å². The highest BCUT2D eigenvalue weighted by atomic mass is 35.5. The third-order valence-electron chi connectivity index (χ3n) is 5.33. The summed E-state index contributed by atoms with van der Waals surface area (Å²) in [6.07, 6.45) is 0.352. The van der Waals surface area contributed by atoms with Crippen LogP contribution >= 0.6 is 11.6 Å². The van der Waals surface area contributed by atoms with Gasteiger partial charge in [-0.1, -0.05) is 71.8 Å². The first-order valence-corrected chi connectivity index (χ1v) is 10.5. The Balaban J connectivity index is 1.48. The van der Waals surface area contributed by atoms with Crippen molar-refractivity contribution in [2.75, 3.05) is 11.5 Å². The van der Waals surface area contributed by atoms with E-state index in [0.29, 0.717) is 31.1 Å². The molecular formula is C25H25ClN2O2. The highest BCUT2D eigenvalue weighted by molar-refractivity contribution is 6.31. The molecule has 3 aromatic rings. The van der Waals surface area contributed by atoms with Gasteiger partial charge in [0.1, 0.15) is 12.4 Å². The molecule has 0 aliphatic carbocycles. The van der Waals surface area contributed by atoms with Gasteiger partial charge in [-0.25, -0.2) is 0 Å². The van der Waals surface area contributed by atoms with Crippen LogP contribution in [0, 0.1) is 6.92 Å². The molecule has 154 valence electrons. The largest absolute Gasteiger partial charge is 0.489 e. The van der Waals surface area contributed by atoms with E-state index < -0.39 is 0 Å². The number of amides is 1. The second-order valence-electron chi connectivity index (χ2n) is 7.66. The highest BCUT2D eigenvalue weighted by Gasteiger charge is 2.29. The number of carbonyl (C=O) groups is 1. The standard InChI is InChI=1S/C25H25ClN2O2/c1-18-7-9-19(10-8-18)15-27-25(29)14-22-17-30-24-12-11-21(26)13-23(24)28(22)16-20-5-3-2-4-6-20/h2-13,22H,14-17H2,1H3,(H,27,29)/t22-/m1/s1. The summed E-state index contributed by atoms with van der Waals surface area (Å²) in [5.74, 6) is 0.805. The summed E-state index contributed by atoms with van der Waals surface area (Å²) in [4.78, 5) is 14.9. The molecular weight excluding hydrogens is 396 g/mol. The number of benzene rings is 3. The van der Waals surface area contributed by atoms with Gasteiger partial charge < -0.3 is 15.0 Å². The molecule has 4 rings (SSSR count). The van der Waals surface area contributed by atoms with Gasteiger partial charge in [0.25, 0.3) is 0 Å². The Hall–Kier alpha value is -2.98. The minimum Gasteiger partial charge on any atom is -0.489 e. The molecule has 0 bridgehead atoms. The van der Waals surface area contributed by atoms with Crippen molar-refractivity contribution in [3.05, 3.63) is 94.5 Å². The average molecular weight is 421 g/mol. The van der Waals surface area contributed by atoms with Crippen LogP contribution in [-0.2, 0) is 17.9 Å². The van der Waals surface area contributed by atoms with Crippen LogP contribution in [0.5, 0.6) is 5.75 Å². The van der Waals surface area contributed by atoms with Crippen molar-refractivity contribution < 1.29 is 9.53 Å². The number of ether oxygens (including phenoxy) is 1. The SMILES string of the molecule is Cc1ccc(CNC(=O)C[C@@H]2COc3ccc(Cl)cc3N2Cc2ccccc2)cc1. The first-order chi connectivity index (χ1) is 14.6. The number of halogens is 1. The Labute approximate surface area is 182 Å². The Morgan fingerprint density at radius 3 is 2.60 bits per heavy atom. The second-order valence-corrected chi connectivity index (χ2v) is 8.09. The minimum atomic E-state index is -0.0748. The molecule has 30 heavy (non-hydrogen) atoms. The van der Waals surface area contributed by atoms with Crippen molar-refractivity contribution in [2.24, 2.45) is 0 Å². The van der Waals surface area contributed by atoms with Crippen molar-refractivity contribution in [1.29, 1.82) is 0 Å². The van der Waals surface area contributed by atoms with Crippen molar-refractivity contribution in [2.45, 2.75) is 32.5 Å². The normalized spacial score (nSPS) is 15.3. The van der Waals surface area contributed by atoms with Crippen LogP contribution in [0.3, 0.4) is 0 Å². The molecule has 0 spiro atoms. The van der Waals surface area contributed by atoms with Gasteiger partial charge in [-0.3, -0.25) is 4.79 Å². The predicted octanol–water partition coefficient (Wildman–Crippen LogP) is 5.12. The molecule has 0 aromatic heterocycles. The number of rotatable bonds is 6. The third kappa shape index (κ3) is 4.95. The number of nitrogens with one attached hydrogen (secondary N) is 1. The number of fused-ring (bicyclic) bond motifs is 1. The summed E-state index contributed by atoms with van der Waals surface area (Å²) < 4.78 is 5.96. The zero-order chi connectivity index (χ0) is 20.9. The van der Waals surface area contributed by atoms with E-state index in [1.165, 1.54) is 11.1 Å².